The van der Waals surface area contributed by atoms with Crippen LogP contribution >= 0.6 is 35.6 Å². The largest absolute Gasteiger partial charge is 0.493 e. The second kappa shape index (κ2) is 25.9. The van der Waals surface area contributed by atoms with E-state index in [0.29, 0.717) is 96.9 Å². The lowest BCUT2D eigenvalue weighted by Crippen LogP contribution is -2.38. The van der Waals surface area contributed by atoms with Gasteiger partial charge in [0.1, 0.15) is 17.1 Å². The molecular formula is C57H71Cl3N8O6. The van der Waals surface area contributed by atoms with Crippen LogP contribution < -0.4 is 25.4 Å². The van der Waals surface area contributed by atoms with Crippen molar-refractivity contribution in [3.8, 4) is 11.5 Å². The molecule has 396 valence electrons. The number of ether oxygens (including phenoxy) is 3. The van der Waals surface area contributed by atoms with E-state index >= 15 is 0 Å². The predicted molar refractivity (Wildman–Crippen MR) is 297 cm³/mol. The first-order valence-electron chi connectivity index (χ1n) is 25.2. The molecule has 0 spiro atoms. The summed E-state index contributed by atoms with van der Waals surface area (Å²) in [5.41, 5.74) is 9.13. The molecule has 0 radical (unpaired) electrons. The number of fused-ring (bicyclic) bond motifs is 2. The van der Waals surface area contributed by atoms with Crippen molar-refractivity contribution in [2.45, 2.75) is 107 Å². The number of amides is 3. The topological polar surface area (TPSA) is 154 Å². The zero-order valence-electron chi connectivity index (χ0n) is 44.1. The van der Waals surface area contributed by atoms with E-state index in [1.165, 1.54) is 11.1 Å². The molecule has 0 saturated heterocycles. The van der Waals surface area contributed by atoms with Gasteiger partial charge in [-0.1, -0.05) is 63.0 Å². The number of hydrogen-bond donors (Lipinski definition) is 3. The van der Waals surface area contributed by atoms with Gasteiger partial charge in [0, 0.05) is 68.9 Å². The van der Waals surface area contributed by atoms with Gasteiger partial charge in [-0.2, -0.15) is 10.2 Å². The van der Waals surface area contributed by atoms with Crippen molar-refractivity contribution < 1.29 is 28.6 Å². The molecule has 0 aliphatic carbocycles. The molecule has 74 heavy (non-hydrogen) atoms. The molecule has 0 saturated carbocycles. The van der Waals surface area contributed by atoms with Gasteiger partial charge >= 0.3 is 6.09 Å². The molecule has 2 aromatic heterocycles. The summed E-state index contributed by atoms with van der Waals surface area (Å²) >= 11 is 12.5. The standard InChI is InChI=1S/C31H39ClN4O4.C26H31ClN4O2.ClH/c1-20(2)19-39-27-10-9-26(32)17-25(27)18-36-21(3)15-28(34-36)33-29(37)24-8-7-22-11-13-35(14-12-23(22)16-24)30(38)40-31(4,5)6;1-17(2)16-33-24-7-6-23(27)14-22(24)15-31-18(3)12-25(30-31)29-26(32)21-5-4-19-8-10-28-11-9-20(19)13-21;/h7-10,15-17,20H,11-14,18-19H2,1-6H3,(H,33,34,37);4-7,12-14,17,28H,8-11,15-16H2,1-3H3,(H,29,30,32);1H. The van der Waals surface area contributed by atoms with Gasteiger partial charge in [0.2, 0.25) is 0 Å². The maximum atomic E-state index is 13.2. The van der Waals surface area contributed by atoms with Crippen LogP contribution in [-0.4, -0.2) is 87.4 Å². The van der Waals surface area contributed by atoms with Crippen LogP contribution in [0.5, 0.6) is 11.5 Å². The Kier molecular flexibility index (Phi) is 20.1. The summed E-state index contributed by atoms with van der Waals surface area (Å²) in [6.45, 7) is 23.2. The van der Waals surface area contributed by atoms with Gasteiger partial charge in [-0.25, -0.2) is 4.79 Å². The summed E-state index contributed by atoms with van der Waals surface area (Å²) in [4.78, 5) is 40.3. The number of aryl methyl sites for hydroxylation is 2. The molecule has 17 heteroatoms. The maximum Gasteiger partial charge on any atom is 0.410 e. The summed E-state index contributed by atoms with van der Waals surface area (Å²) in [6.07, 6.45) is 3.00. The minimum absolute atomic E-state index is 0. The highest BCUT2D eigenvalue weighted by Gasteiger charge is 2.25. The van der Waals surface area contributed by atoms with Crippen LogP contribution in [0.15, 0.2) is 84.9 Å². The zero-order chi connectivity index (χ0) is 52.4. The van der Waals surface area contributed by atoms with Crippen LogP contribution in [-0.2, 0) is 43.5 Å². The van der Waals surface area contributed by atoms with Gasteiger partial charge in [0.15, 0.2) is 11.6 Å². The van der Waals surface area contributed by atoms with Crippen molar-refractivity contribution in [2.75, 3.05) is 50.0 Å². The van der Waals surface area contributed by atoms with Crippen molar-refractivity contribution in [3.63, 3.8) is 0 Å². The number of rotatable bonds is 14. The quantitative estimate of drug-likeness (QED) is 0.0967. The molecule has 3 amide bonds. The second-order valence-corrected chi connectivity index (χ2v) is 21.5. The Morgan fingerprint density at radius 1 is 0.622 bits per heavy atom. The van der Waals surface area contributed by atoms with Crippen LogP contribution in [0.2, 0.25) is 10.0 Å². The van der Waals surface area contributed by atoms with Crippen molar-refractivity contribution >= 4 is 65.2 Å². The monoisotopic (exact) mass is 1070 g/mol. The van der Waals surface area contributed by atoms with Gasteiger partial charge in [-0.15, -0.1) is 12.4 Å². The first-order chi connectivity index (χ1) is 34.8. The number of benzene rings is 4. The Labute approximate surface area is 452 Å². The third-order valence-electron chi connectivity index (χ3n) is 12.3. The zero-order valence-corrected chi connectivity index (χ0v) is 46.4. The maximum absolute atomic E-state index is 13.2. The molecule has 8 rings (SSSR count). The molecule has 4 aromatic carbocycles. The molecule has 0 unspecified atom stereocenters. The lowest BCUT2D eigenvalue weighted by atomic mass is 10.00. The minimum atomic E-state index is -0.537. The smallest absolute Gasteiger partial charge is 0.410 e. The Morgan fingerprint density at radius 3 is 1.51 bits per heavy atom. The van der Waals surface area contributed by atoms with E-state index in [4.69, 9.17) is 37.4 Å². The third-order valence-corrected chi connectivity index (χ3v) is 12.8. The van der Waals surface area contributed by atoms with Crippen LogP contribution in [0.25, 0.3) is 0 Å². The summed E-state index contributed by atoms with van der Waals surface area (Å²) in [7, 11) is 0. The molecule has 0 fully saturated rings. The number of aromatic nitrogens is 4. The van der Waals surface area contributed by atoms with E-state index in [2.05, 4.69) is 59.9 Å². The Morgan fingerprint density at radius 2 is 1.05 bits per heavy atom. The van der Waals surface area contributed by atoms with Crippen molar-refractivity contribution in [1.82, 2.24) is 29.8 Å². The van der Waals surface area contributed by atoms with E-state index < -0.39 is 5.60 Å². The van der Waals surface area contributed by atoms with Gasteiger partial charge in [-0.05, 0) is 168 Å². The lowest BCUT2D eigenvalue weighted by molar-refractivity contribution is 0.0258. The highest BCUT2D eigenvalue weighted by Crippen LogP contribution is 2.28. The van der Waals surface area contributed by atoms with E-state index in [-0.39, 0.29) is 30.3 Å². The highest BCUT2D eigenvalue weighted by atomic mass is 35.5. The number of anilines is 2. The number of hydrogen-bond acceptors (Lipinski definition) is 9. The average Bonchev–Trinajstić information content (AvgIpc) is 3.62. The summed E-state index contributed by atoms with van der Waals surface area (Å²) < 4.78 is 21.2. The van der Waals surface area contributed by atoms with Gasteiger partial charge in [-0.3, -0.25) is 19.0 Å². The summed E-state index contributed by atoms with van der Waals surface area (Å²) in [6, 6.07) is 26.6. The lowest BCUT2D eigenvalue weighted by Gasteiger charge is -2.26. The van der Waals surface area contributed by atoms with E-state index in [1.807, 2.05) is 123 Å². The second-order valence-electron chi connectivity index (χ2n) is 20.7. The molecular weight excluding hydrogens is 999 g/mol. The van der Waals surface area contributed by atoms with E-state index in [9.17, 15) is 14.4 Å². The molecule has 6 aromatic rings. The number of carbonyl (C=O) groups is 3. The number of halogens is 3. The molecule has 2 aliphatic rings. The molecule has 2 aliphatic heterocycles. The minimum Gasteiger partial charge on any atom is -0.493 e. The van der Waals surface area contributed by atoms with Crippen molar-refractivity contribution in [1.29, 1.82) is 0 Å². The molecule has 0 atom stereocenters. The van der Waals surface area contributed by atoms with Crippen LogP contribution in [0.3, 0.4) is 0 Å². The fraction of sp³-hybridized carbons (Fsp3) is 0.421. The predicted octanol–water partition coefficient (Wildman–Crippen LogP) is 11.8. The summed E-state index contributed by atoms with van der Waals surface area (Å²) in [5.74, 6) is 3.01. The molecule has 14 nitrogen and oxygen atoms in total. The van der Waals surface area contributed by atoms with E-state index in [0.717, 1.165) is 71.1 Å². The first kappa shape index (κ1) is 57.2. The van der Waals surface area contributed by atoms with Crippen LogP contribution in [0.1, 0.15) is 114 Å². The average molecular weight is 1070 g/mol. The Hall–Kier alpha value is -6.06. The number of carbonyl (C=O) groups excluding carboxylic acids is 3. The fourth-order valence-electron chi connectivity index (χ4n) is 8.49. The Bertz CT molecular complexity index is 2910. The van der Waals surface area contributed by atoms with E-state index in [1.54, 1.807) is 4.90 Å². The van der Waals surface area contributed by atoms with Gasteiger partial charge in [0.05, 0.1) is 26.3 Å². The normalized spacial score (nSPS) is 13.3. The molecule has 3 N–H and O–H groups in total. The summed E-state index contributed by atoms with van der Waals surface area (Å²) in [5, 5.41) is 19.8. The van der Waals surface area contributed by atoms with Crippen LogP contribution in [0.4, 0.5) is 16.4 Å². The van der Waals surface area contributed by atoms with Gasteiger partial charge in [0.25, 0.3) is 11.8 Å². The number of nitrogens with zero attached hydrogens (tertiary/aromatic N) is 5. The van der Waals surface area contributed by atoms with Crippen LogP contribution in [0, 0.1) is 25.7 Å². The van der Waals surface area contributed by atoms with Crippen molar-refractivity contribution in [3.05, 3.63) is 151 Å². The fourth-order valence-corrected chi connectivity index (χ4v) is 8.88. The van der Waals surface area contributed by atoms with Crippen molar-refractivity contribution in [2.24, 2.45) is 11.8 Å². The number of nitrogens with one attached hydrogen (secondary N) is 3. The molecule has 0 bridgehead atoms. The highest BCUT2D eigenvalue weighted by molar-refractivity contribution is 6.31. The molecule has 4 heterocycles. The SMILES string of the molecule is Cc1cc(NC(=O)c2ccc3c(c2)CCN(C(=O)OC(C)(C)C)CC3)nn1Cc1cc(Cl)ccc1OCC(C)C.Cc1cc(NC(=O)c2ccc3c(c2)CCNCC3)nn1Cc1cc(Cl)ccc1OCC(C)C.Cl. The first-order valence-corrected chi connectivity index (χ1v) is 26.0. The Balaban J connectivity index is 0.000000242. The van der Waals surface area contributed by atoms with Gasteiger partial charge < -0.3 is 35.1 Å². The third kappa shape index (κ3) is 16.2.